The Kier molecular flexibility index (Phi) is 23.4. The molecular formula is C45H92. The summed E-state index contributed by atoms with van der Waals surface area (Å²) < 4.78 is 0. The number of fused-ring (bicyclic) bond motifs is 2. The SMILES string of the molecule is CC(C)C.CC(C)C.CCCCCC1CC2C(C)CC(C(C)C)CCC(C(C)C)CC(CCC(C)C(C)C(C)C(C)C1C)C2C. The van der Waals surface area contributed by atoms with Crippen LogP contribution >= 0.6 is 0 Å². The maximum atomic E-state index is 2.73. The van der Waals surface area contributed by atoms with E-state index in [0.717, 1.165) is 94.7 Å². The fourth-order valence-electron chi connectivity index (χ4n) is 9.07. The van der Waals surface area contributed by atoms with E-state index >= 15 is 0 Å². The van der Waals surface area contributed by atoms with Gasteiger partial charge < -0.3 is 0 Å². The molecule has 2 bridgehead atoms. The molecule has 0 spiro atoms. The van der Waals surface area contributed by atoms with E-state index in [0.29, 0.717) is 0 Å². The van der Waals surface area contributed by atoms with E-state index in [1.54, 1.807) is 0 Å². The summed E-state index contributed by atoms with van der Waals surface area (Å²) >= 11 is 0. The molecular weight excluding hydrogens is 540 g/mol. The van der Waals surface area contributed by atoms with Crippen molar-refractivity contribution >= 4 is 0 Å². The third kappa shape index (κ3) is 17.3. The van der Waals surface area contributed by atoms with E-state index < -0.39 is 0 Å². The van der Waals surface area contributed by atoms with E-state index in [2.05, 4.69) is 125 Å². The van der Waals surface area contributed by atoms with Gasteiger partial charge in [0.15, 0.2) is 0 Å². The first-order valence-corrected chi connectivity index (χ1v) is 20.8. The normalized spacial score (nSPS) is 37.2. The molecule has 2 rings (SSSR count). The molecule has 12 atom stereocenters. The molecule has 45 heavy (non-hydrogen) atoms. The lowest BCUT2D eigenvalue weighted by molar-refractivity contribution is 0.0445. The Labute approximate surface area is 289 Å². The van der Waals surface area contributed by atoms with E-state index in [-0.39, 0.29) is 0 Å². The molecule has 0 heteroatoms. The van der Waals surface area contributed by atoms with Gasteiger partial charge in [-0.15, -0.1) is 0 Å². The number of hydrogen-bond donors (Lipinski definition) is 0. The molecule has 0 radical (unpaired) electrons. The molecule has 0 aromatic heterocycles. The van der Waals surface area contributed by atoms with Gasteiger partial charge in [0, 0.05) is 0 Å². The van der Waals surface area contributed by atoms with Crippen molar-refractivity contribution in [2.24, 2.45) is 94.7 Å². The van der Waals surface area contributed by atoms with Crippen LogP contribution in [0, 0.1) is 94.7 Å². The summed E-state index contributed by atoms with van der Waals surface area (Å²) in [5.74, 6) is 13.8. The summed E-state index contributed by atoms with van der Waals surface area (Å²) in [6.07, 6.45) is 16.0. The van der Waals surface area contributed by atoms with Gasteiger partial charge in [-0.1, -0.05) is 157 Å². The Morgan fingerprint density at radius 3 is 1.40 bits per heavy atom. The van der Waals surface area contributed by atoms with E-state index in [4.69, 9.17) is 0 Å². The lowest BCUT2D eigenvalue weighted by Gasteiger charge is -2.45. The van der Waals surface area contributed by atoms with Crippen molar-refractivity contribution in [3.63, 3.8) is 0 Å². The summed E-state index contributed by atoms with van der Waals surface area (Å²) in [6.45, 7) is 44.0. The second kappa shape index (κ2) is 23.4. The molecule has 0 N–H and O–H groups in total. The molecule has 2 aliphatic carbocycles. The average Bonchev–Trinajstić information content (AvgIpc) is 2.94. The first kappa shape index (κ1) is 45.0. The highest BCUT2D eigenvalue weighted by molar-refractivity contribution is 4.89. The van der Waals surface area contributed by atoms with Crippen molar-refractivity contribution in [2.45, 2.75) is 195 Å². The van der Waals surface area contributed by atoms with E-state index in [1.165, 1.54) is 70.6 Å². The van der Waals surface area contributed by atoms with Crippen molar-refractivity contribution in [3.05, 3.63) is 0 Å². The van der Waals surface area contributed by atoms with Crippen LogP contribution < -0.4 is 0 Å². The topological polar surface area (TPSA) is 0 Å². The fourth-order valence-corrected chi connectivity index (χ4v) is 9.07. The second-order valence-corrected chi connectivity index (χ2v) is 19.3. The van der Waals surface area contributed by atoms with Crippen LogP contribution in [0.1, 0.15) is 195 Å². The lowest BCUT2D eigenvalue weighted by atomic mass is 9.60. The first-order chi connectivity index (χ1) is 20.8. The summed E-state index contributed by atoms with van der Waals surface area (Å²) in [6, 6.07) is 0. The Bertz CT molecular complexity index is 675. The Hall–Kier alpha value is 0. The molecule has 12 unspecified atom stereocenters. The molecule has 2 saturated carbocycles. The fraction of sp³-hybridized carbons (Fsp3) is 1.00. The molecule has 0 saturated heterocycles. The zero-order chi connectivity index (χ0) is 35.0. The summed E-state index contributed by atoms with van der Waals surface area (Å²) in [5, 5.41) is 0. The third-order valence-electron chi connectivity index (χ3n) is 13.1. The van der Waals surface area contributed by atoms with Gasteiger partial charge in [-0.25, -0.2) is 0 Å². The molecule has 0 aromatic carbocycles. The number of hydrogen-bond acceptors (Lipinski definition) is 0. The quantitative estimate of drug-likeness (QED) is 0.256. The highest BCUT2D eigenvalue weighted by Crippen LogP contribution is 2.48. The van der Waals surface area contributed by atoms with Crippen LogP contribution in [-0.2, 0) is 0 Å². The highest BCUT2D eigenvalue weighted by Gasteiger charge is 2.39. The summed E-state index contributed by atoms with van der Waals surface area (Å²) in [4.78, 5) is 0. The molecule has 0 aromatic rings. The van der Waals surface area contributed by atoms with Crippen molar-refractivity contribution in [2.75, 3.05) is 0 Å². The van der Waals surface area contributed by atoms with Gasteiger partial charge >= 0.3 is 0 Å². The molecule has 2 aliphatic rings. The van der Waals surface area contributed by atoms with Crippen LogP contribution in [0.4, 0.5) is 0 Å². The first-order valence-electron chi connectivity index (χ1n) is 20.8. The minimum atomic E-state index is 0.828. The molecule has 0 heterocycles. The van der Waals surface area contributed by atoms with Crippen LogP contribution in [0.25, 0.3) is 0 Å². The van der Waals surface area contributed by atoms with Gasteiger partial charge in [0.2, 0.25) is 0 Å². The zero-order valence-corrected chi connectivity index (χ0v) is 35.0. The van der Waals surface area contributed by atoms with Gasteiger partial charge in [0.1, 0.15) is 0 Å². The van der Waals surface area contributed by atoms with Gasteiger partial charge in [-0.2, -0.15) is 0 Å². The third-order valence-corrected chi connectivity index (χ3v) is 13.1. The Morgan fingerprint density at radius 2 is 0.933 bits per heavy atom. The maximum absolute atomic E-state index is 2.73. The number of unbranched alkanes of at least 4 members (excludes halogenated alkanes) is 2. The lowest BCUT2D eigenvalue weighted by Crippen LogP contribution is -2.37. The maximum Gasteiger partial charge on any atom is -0.0357 e. The molecule has 272 valence electrons. The zero-order valence-electron chi connectivity index (χ0n) is 35.0. The van der Waals surface area contributed by atoms with Gasteiger partial charge in [-0.3, -0.25) is 0 Å². The van der Waals surface area contributed by atoms with Crippen LogP contribution in [-0.4, -0.2) is 0 Å². The van der Waals surface area contributed by atoms with Crippen molar-refractivity contribution in [1.29, 1.82) is 0 Å². The predicted octanol–water partition coefficient (Wildman–Crippen LogP) is 15.5. The molecule has 0 aliphatic heterocycles. The molecule has 0 nitrogen and oxygen atoms in total. The van der Waals surface area contributed by atoms with Gasteiger partial charge in [-0.05, 0) is 133 Å². The van der Waals surface area contributed by atoms with Gasteiger partial charge in [0.05, 0.1) is 0 Å². The minimum absolute atomic E-state index is 0.828. The van der Waals surface area contributed by atoms with Crippen LogP contribution in [0.15, 0.2) is 0 Å². The average molecular weight is 633 g/mol. The largest absolute Gasteiger partial charge is 0.0654 e. The van der Waals surface area contributed by atoms with E-state index in [9.17, 15) is 0 Å². The highest BCUT2D eigenvalue weighted by atomic mass is 14.4. The Balaban J connectivity index is 0.00000215. The standard InChI is InChI=1S/C37H72.2C4H10/c1-13-14-15-16-35-23-37-27(7)21-33(24(2)3)19-20-34(25(4)5)22-36(32(37)12)18-17-26(6)28(8)29(9)30(10)31(35)11;2*1-4(2)3/h24-37H,13-23H2,1-12H3;2*4H,1-3H3. The van der Waals surface area contributed by atoms with Crippen LogP contribution in [0.3, 0.4) is 0 Å². The van der Waals surface area contributed by atoms with Crippen molar-refractivity contribution in [3.8, 4) is 0 Å². The summed E-state index contributed by atoms with van der Waals surface area (Å²) in [5.41, 5.74) is 0. The Morgan fingerprint density at radius 1 is 0.467 bits per heavy atom. The molecule has 2 fully saturated rings. The smallest absolute Gasteiger partial charge is 0.0357 e. The van der Waals surface area contributed by atoms with Gasteiger partial charge in [0.25, 0.3) is 0 Å². The summed E-state index contributed by atoms with van der Waals surface area (Å²) in [7, 11) is 0. The van der Waals surface area contributed by atoms with Crippen molar-refractivity contribution in [1.82, 2.24) is 0 Å². The van der Waals surface area contributed by atoms with E-state index in [1.807, 2.05) is 0 Å². The van der Waals surface area contributed by atoms with Crippen LogP contribution in [0.2, 0.25) is 0 Å². The monoisotopic (exact) mass is 633 g/mol. The van der Waals surface area contributed by atoms with Crippen LogP contribution in [0.5, 0.6) is 0 Å². The second-order valence-electron chi connectivity index (χ2n) is 19.3. The minimum Gasteiger partial charge on any atom is -0.0654 e. The van der Waals surface area contributed by atoms with Crippen molar-refractivity contribution < 1.29 is 0 Å². The predicted molar refractivity (Wildman–Crippen MR) is 209 cm³/mol. The number of rotatable bonds is 6. The molecule has 0 amide bonds.